The van der Waals surface area contributed by atoms with Crippen molar-refractivity contribution >= 4 is 11.7 Å². The molecule has 62 valence electrons. The first-order chi connectivity index (χ1) is 5.70. The third-order valence-corrected chi connectivity index (χ3v) is 1.24. The smallest absolute Gasteiger partial charge is 0.245 e. The topological polar surface area (TPSA) is 76.2 Å². The lowest BCUT2D eigenvalue weighted by Gasteiger charge is -1.96. The molecule has 1 aromatic rings. The Morgan fingerprint density at radius 3 is 2.92 bits per heavy atom. The van der Waals surface area contributed by atoms with Crippen LogP contribution in [0, 0.1) is 0 Å². The number of amides is 1. The third-order valence-electron chi connectivity index (χ3n) is 1.24. The van der Waals surface area contributed by atoms with Crippen LogP contribution < -0.4 is 5.73 Å². The summed E-state index contributed by atoms with van der Waals surface area (Å²) in [5.74, 6) is -0.855. The number of pyridine rings is 1. The van der Waals surface area contributed by atoms with Gasteiger partial charge in [0.05, 0.1) is 0 Å². The summed E-state index contributed by atoms with van der Waals surface area (Å²) in [5, 5.41) is 9.21. The number of hydrogen-bond donors (Lipinski definition) is 2. The molecule has 0 radical (unpaired) electrons. The summed E-state index contributed by atoms with van der Waals surface area (Å²) in [6, 6.07) is 3.28. The Balaban J connectivity index is 2.93. The summed E-state index contributed by atoms with van der Waals surface area (Å²) >= 11 is 0. The fourth-order valence-electron chi connectivity index (χ4n) is 0.732. The number of primary amides is 1. The molecule has 0 saturated heterocycles. The van der Waals surface area contributed by atoms with Crippen LogP contribution in [0.1, 0.15) is 5.56 Å². The number of nitrogens with zero attached hydrogens (tertiary/aromatic N) is 1. The van der Waals surface area contributed by atoms with E-state index in [0.29, 0.717) is 5.56 Å². The lowest BCUT2D eigenvalue weighted by atomic mass is 10.2. The lowest BCUT2D eigenvalue weighted by molar-refractivity contribution is -0.113. The maximum absolute atomic E-state index is 10.3. The Morgan fingerprint density at radius 1 is 1.67 bits per heavy atom. The Labute approximate surface area is 69.4 Å². The van der Waals surface area contributed by atoms with Gasteiger partial charge in [0.1, 0.15) is 5.76 Å². The zero-order valence-corrected chi connectivity index (χ0v) is 6.27. The maximum atomic E-state index is 10.3. The zero-order valence-electron chi connectivity index (χ0n) is 6.27. The summed E-state index contributed by atoms with van der Waals surface area (Å²) in [6.45, 7) is 0. The fourth-order valence-corrected chi connectivity index (χ4v) is 0.732. The molecule has 0 spiro atoms. The summed E-state index contributed by atoms with van der Waals surface area (Å²) < 4.78 is 0. The van der Waals surface area contributed by atoms with E-state index in [1.165, 1.54) is 6.20 Å². The van der Waals surface area contributed by atoms with Crippen LogP contribution in [0.25, 0.3) is 5.76 Å². The monoisotopic (exact) mass is 164 g/mol. The zero-order chi connectivity index (χ0) is 8.97. The number of aliphatic hydroxyl groups is 1. The number of nitrogens with two attached hydrogens (primary N) is 1. The van der Waals surface area contributed by atoms with E-state index in [4.69, 9.17) is 5.73 Å². The molecule has 0 aromatic carbocycles. The van der Waals surface area contributed by atoms with Crippen LogP contribution in [-0.4, -0.2) is 16.0 Å². The number of hydrogen-bond acceptors (Lipinski definition) is 3. The number of carbonyl (C=O) groups excluding carboxylic acids is 1. The van der Waals surface area contributed by atoms with Gasteiger partial charge in [0.25, 0.3) is 0 Å². The van der Waals surface area contributed by atoms with Gasteiger partial charge in [0.2, 0.25) is 5.91 Å². The highest BCUT2D eigenvalue weighted by Crippen LogP contribution is 2.07. The van der Waals surface area contributed by atoms with Crippen LogP contribution in [0.4, 0.5) is 0 Å². The van der Waals surface area contributed by atoms with Gasteiger partial charge in [-0.25, -0.2) is 0 Å². The first-order valence-corrected chi connectivity index (χ1v) is 3.30. The average Bonchev–Trinajstić information content (AvgIpc) is 2.05. The van der Waals surface area contributed by atoms with Crippen molar-refractivity contribution in [1.82, 2.24) is 4.98 Å². The van der Waals surface area contributed by atoms with E-state index in [2.05, 4.69) is 4.98 Å². The van der Waals surface area contributed by atoms with Gasteiger partial charge in [-0.3, -0.25) is 9.78 Å². The van der Waals surface area contributed by atoms with Crippen molar-refractivity contribution in [3.63, 3.8) is 0 Å². The highest BCUT2D eigenvalue weighted by Gasteiger charge is 1.98. The van der Waals surface area contributed by atoms with Crippen LogP contribution in [-0.2, 0) is 4.79 Å². The molecule has 0 aliphatic carbocycles. The Bertz CT molecular complexity index is 306. The van der Waals surface area contributed by atoms with Crippen molar-refractivity contribution in [2.45, 2.75) is 0 Å². The number of aromatic nitrogens is 1. The number of carbonyl (C=O) groups is 1. The summed E-state index contributed by atoms with van der Waals surface area (Å²) in [6.07, 6.45) is 3.95. The van der Waals surface area contributed by atoms with Gasteiger partial charge in [-0.15, -0.1) is 0 Å². The Morgan fingerprint density at radius 2 is 2.42 bits per heavy atom. The van der Waals surface area contributed by atoms with E-state index in [-0.39, 0.29) is 5.76 Å². The molecule has 4 heteroatoms. The van der Waals surface area contributed by atoms with Gasteiger partial charge in [-0.05, 0) is 12.1 Å². The van der Waals surface area contributed by atoms with Crippen molar-refractivity contribution in [3.8, 4) is 0 Å². The van der Waals surface area contributed by atoms with Crippen LogP contribution in [0.15, 0.2) is 30.6 Å². The van der Waals surface area contributed by atoms with Crippen LogP contribution in [0.5, 0.6) is 0 Å². The maximum Gasteiger partial charge on any atom is 0.245 e. The number of rotatable bonds is 2. The molecule has 1 rings (SSSR count). The first kappa shape index (κ1) is 8.26. The van der Waals surface area contributed by atoms with E-state index >= 15 is 0 Å². The Hall–Kier alpha value is -1.84. The first-order valence-electron chi connectivity index (χ1n) is 3.30. The molecule has 0 aliphatic rings. The van der Waals surface area contributed by atoms with Crippen molar-refractivity contribution in [2.24, 2.45) is 5.73 Å². The van der Waals surface area contributed by atoms with Crippen molar-refractivity contribution in [3.05, 3.63) is 36.2 Å². The van der Waals surface area contributed by atoms with Gasteiger partial charge in [-0.1, -0.05) is 0 Å². The molecule has 12 heavy (non-hydrogen) atoms. The molecule has 0 atom stereocenters. The lowest BCUT2D eigenvalue weighted by Crippen LogP contribution is -2.06. The quantitative estimate of drug-likeness (QED) is 0.492. The van der Waals surface area contributed by atoms with Crippen LogP contribution in [0.3, 0.4) is 0 Å². The average molecular weight is 164 g/mol. The minimum atomic E-state index is -0.684. The van der Waals surface area contributed by atoms with Crippen molar-refractivity contribution < 1.29 is 9.90 Å². The molecular formula is C8H8N2O2. The van der Waals surface area contributed by atoms with Gasteiger partial charge in [-0.2, -0.15) is 0 Å². The minimum Gasteiger partial charge on any atom is -0.507 e. The van der Waals surface area contributed by atoms with Crippen LogP contribution in [0.2, 0.25) is 0 Å². The van der Waals surface area contributed by atoms with E-state index in [0.717, 1.165) is 6.08 Å². The fraction of sp³-hybridized carbons (Fsp3) is 0. The van der Waals surface area contributed by atoms with Crippen molar-refractivity contribution in [2.75, 3.05) is 0 Å². The van der Waals surface area contributed by atoms with Crippen molar-refractivity contribution in [1.29, 1.82) is 0 Å². The molecule has 3 N–H and O–H groups in total. The minimum absolute atomic E-state index is 0.171. The highest BCUT2D eigenvalue weighted by atomic mass is 16.3. The summed E-state index contributed by atoms with van der Waals surface area (Å²) in [7, 11) is 0. The molecule has 0 unspecified atom stereocenters. The van der Waals surface area contributed by atoms with E-state index < -0.39 is 5.91 Å². The van der Waals surface area contributed by atoms with E-state index in [1.807, 2.05) is 0 Å². The van der Waals surface area contributed by atoms with Crippen LogP contribution >= 0.6 is 0 Å². The highest BCUT2D eigenvalue weighted by molar-refractivity contribution is 5.92. The van der Waals surface area contributed by atoms with E-state index in [1.54, 1.807) is 18.3 Å². The largest absolute Gasteiger partial charge is 0.507 e. The molecule has 0 bridgehead atoms. The molecule has 0 aliphatic heterocycles. The van der Waals surface area contributed by atoms with Gasteiger partial charge < -0.3 is 10.8 Å². The summed E-state index contributed by atoms with van der Waals surface area (Å²) in [5.41, 5.74) is 5.30. The predicted molar refractivity (Wildman–Crippen MR) is 44.0 cm³/mol. The van der Waals surface area contributed by atoms with Gasteiger partial charge >= 0.3 is 0 Å². The molecule has 4 nitrogen and oxygen atoms in total. The normalized spacial score (nSPS) is 11.2. The SMILES string of the molecule is NC(=O)/C=C(\O)c1cccnc1. The molecule has 0 saturated carbocycles. The second-order valence-corrected chi connectivity index (χ2v) is 2.17. The molecule has 0 fully saturated rings. The molecular weight excluding hydrogens is 156 g/mol. The summed E-state index contributed by atoms with van der Waals surface area (Å²) in [4.78, 5) is 14.1. The van der Waals surface area contributed by atoms with E-state index in [9.17, 15) is 9.90 Å². The standard InChI is InChI=1S/C8H8N2O2/c9-8(12)4-7(11)6-2-1-3-10-5-6/h1-5,11H,(H2,9,12)/b7-4-. The predicted octanol–water partition coefficient (Wildman–Crippen LogP) is 0.466. The molecule has 1 amide bonds. The number of aliphatic hydroxyl groups excluding tert-OH is 1. The second kappa shape index (κ2) is 3.52. The molecule has 1 heterocycles. The Kier molecular flexibility index (Phi) is 2.42. The molecule has 1 aromatic heterocycles. The second-order valence-electron chi connectivity index (χ2n) is 2.17. The third kappa shape index (κ3) is 2.09. The van der Waals surface area contributed by atoms with Gasteiger partial charge in [0, 0.05) is 24.0 Å². The van der Waals surface area contributed by atoms with Gasteiger partial charge in [0.15, 0.2) is 0 Å².